The van der Waals surface area contributed by atoms with E-state index in [4.69, 9.17) is 16.0 Å². The minimum atomic E-state index is -0.365. The molecule has 1 aromatic heterocycles. The van der Waals surface area contributed by atoms with Crippen LogP contribution in [0.3, 0.4) is 0 Å². The first-order valence-electron chi connectivity index (χ1n) is 6.04. The van der Waals surface area contributed by atoms with Gasteiger partial charge in [0.25, 0.3) is 0 Å². The van der Waals surface area contributed by atoms with E-state index in [2.05, 4.69) is 0 Å². The number of aryl methyl sites for hydroxylation is 1. The lowest BCUT2D eigenvalue weighted by atomic mass is 10.1. The molecule has 0 radical (unpaired) electrons. The summed E-state index contributed by atoms with van der Waals surface area (Å²) in [5.41, 5.74) is 1.82. The molecule has 4 heteroatoms. The standard InChI is InChI=1S/C16H10ClFO2/c1-9-2-3-10(7-13(9)17)16(19)15-8-11-6-12(18)4-5-14(11)20-15/h2-8H,1H3. The Morgan fingerprint density at radius 1 is 1.15 bits per heavy atom. The Kier molecular flexibility index (Phi) is 3.07. The predicted molar refractivity (Wildman–Crippen MR) is 75.8 cm³/mol. The van der Waals surface area contributed by atoms with E-state index < -0.39 is 0 Å². The largest absolute Gasteiger partial charge is 0.453 e. The molecule has 1 heterocycles. The highest BCUT2D eigenvalue weighted by molar-refractivity contribution is 6.31. The van der Waals surface area contributed by atoms with Gasteiger partial charge in [0.1, 0.15) is 11.4 Å². The second-order valence-corrected chi connectivity index (χ2v) is 4.99. The number of rotatable bonds is 2. The molecule has 20 heavy (non-hydrogen) atoms. The van der Waals surface area contributed by atoms with Crippen molar-refractivity contribution in [2.45, 2.75) is 6.92 Å². The fourth-order valence-corrected chi connectivity index (χ4v) is 2.18. The Bertz CT molecular complexity index is 820. The number of benzene rings is 2. The van der Waals surface area contributed by atoms with Gasteiger partial charge in [0.05, 0.1) is 0 Å². The summed E-state index contributed by atoms with van der Waals surface area (Å²) >= 11 is 6.01. The minimum Gasteiger partial charge on any atom is -0.453 e. The second-order valence-electron chi connectivity index (χ2n) is 4.59. The van der Waals surface area contributed by atoms with E-state index in [1.807, 2.05) is 6.92 Å². The summed E-state index contributed by atoms with van der Waals surface area (Å²) in [6, 6.07) is 10.7. The van der Waals surface area contributed by atoms with Crippen molar-refractivity contribution in [3.05, 3.63) is 70.2 Å². The van der Waals surface area contributed by atoms with Crippen molar-refractivity contribution >= 4 is 28.4 Å². The molecule has 0 fully saturated rings. The number of carbonyl (C=O) groups excluding carboxylic acids is 1. The van der Waals surface area contributed by atoms with Crippen molar-refractivity contribution in [3.8, 4) is 0 Å². The summed E-state index contributed by atoms with van der Waals surface area (Å²) in [6.45, 7) is 1.86. The molecule has 0 amide bonds. The summed E-state index contributed by atoms with van der Waals surface area (Å²) in [7, 11) is 0. The van der Waals surface area contributed by atoms with Crippen LogP contribution in [0.5, 0.6) is 0 Å². The van der Waals surface area contributed by atoms with E-state index in [0.29, 0.717) is 21.6 Å². The maximum Gasteiger partial charge on any atom is 0.228 e. The van der Waals surface area contributed by atoms with Gasteiger partial charge < -0.3 is 4.42 Å². The van der Waals surface area contributed by atoms with Crippen LogP contribution in [0, 0.1) is 12.7 Å². The fourth-order valence-electron chi connectivity index (χ4n) is 2.00. The Labute approximate surface area is 119 Å². The van der Waals surface area contributed by atoms with Gasteiger partial charge in [-0.2, -0.15) is 0 Å². The molecule has 0 atom stereocenters. The highest BCUT2D eigenvalue weighted by Crippen LogP contribution is 2.24. The van der Waals surface area contributed by atoms with Crippen LogP contribution in [-0.4, -0.2) is 5.78 Å². The van der Waals surface area contributed by atoms with Crippen LogP contribution in [0.2, 0.25) is 5.02 Å². The van der Waals surface area contributed by atoms with Crippen molar-refractivity contribution < 1.29 is 13.6 Å². The van der Waals surface area contributed by atoms with Crippen molar-refractivity contribution in [2.75, 3.05) is 0 Å². The summed E-state index contributed by atoms with van der Waals surface area (Å²) in [4.78, 5) is 12.3. The lowest BCUT2D eigenvalue weighted by Crippen LogP contribution is -1.99. The SMILES string of the molecule is Cc1ccc(C(=O)c2cc3cc(F)ccc3o2)cc1Cl. The molecule has 0 aliphatic heterocycles. The highest BCUT2D eigenvalue weighted by atomic mass is 35.5. The molecule has 0 aliphatic carbocycles. The van der Waals surface area contributed by atoms with Gasteiger partial charge in [-0.1, -0.05) is 23.7 Å². The van der Waals surface area contributed by atoms with E-state index in [1.165, 1.54) is 24.3 Å². The quantitative estimate of drug-likeness (QED) is 0.636. The Morgan fingerprint density at radius 3 is 2.70 bits per heavy atom. The zero-order chi connectivity index (χ0) is 14.3. The number of furan rings is 1. The molecule has 0 unspecified atom stereocenters. The van der Waals surface area contributed by atoms with Crippen LogP contribution in [-0.2, 0) is 0 Å². The van der Waals surface area contributed by atoms with E-state index in [1.54, 1.807) is 18.2 Å². The molecule has 3 rings (SSSR count). The normalized spacial score (nSPS) is 10.9. The Balaban J connectivity index is 2.05. The van der Waals surface area contributed by atoms with Crippen LogP contribution in [0.25, 0.3) is 11.0 Å². The lowest BCUT2D eigenvalue weighted by molar-refractivity contribution is 0.101. The molecule has 0 N–H and O–H groups in total. The Hall–Kier alpha value is -2.13. The van der Waals surface area contributed by atoms with Gasteiger partial charge >= 0.3 is 0 Å². The topological polar surface area (TPSA) is 30.2 Å². The highest BCUT2D eigenvalue weighted by Gasteiger charge is 2.15. The predicted octanol–water partition coefficient (Wildman–Crippen LogP) is 4.76. The lowest BCUT2D eigenvalue weighted by Gasteiger charge is -2.01. The number of fused-ring (bicyclic) bond motifs is 1. The smallest absolute Gasteiger partial charge is 0.228 e. The van der Waals surface area contributed by atoms with Crippen LogP contribution < -0.4 is 0 Å². The van der Waals surface area contributed by atoms with Gasteiger partial charge in [0.15, 0.2) is 5.76 Å². The zero-order valence-electron chi connectivity index (χ0n) is 10.6. The van der Waals surface area contributed by atoms with Crippen molar-refractivity contribution in [2.24, 2.45) is 0 Å². The van der Waals surface area contributed by atoms with Gasteiger partial charge in [-0.15, -0.1) is 0 Å². The number of hydrogen-bond acceptors (Lipinski definition) is 2. The average Bonchev–Trinajstić information content (AvgIpc) is 2.84. The Morgan fingerprint density at radius 2 is 1.95 bits per heavy atom. The van der Waals surface area contributed by atoms with Crippen LogP contribution >= 0.6 is 11.6 Å². The van der Waals surface area contributed by atoms with Gasteiger partial charge in [0.2, 0.25) is 5.78 Å². The third-order valence-electron chi connectivity index (χ3n) is 3.14. The van der Waals surface area contributed by atoms with E-state index >= 15 is 0 Å². The molecular formula is C16H10ClFO2. The molecule has 100 valence electrons. The fraction of sp³-hybridized carbons (Fsp3) is 0.0625. The van der Waals surface area contributed by atoms with E-state index in [0.717, 1.165) is 5.56 Å². The number of hydrogen-bond donors (Lipinski definition) is 0. The molecule has 0 bridgehead atoms. The average molecular weight is 289 g/mol. The molecule has 0 aliphatic rings. The summed E-state index contributed by atoms with van der Waals surface area (Å²) < 4.78 is 18.6. The first-order chi connectivity index (χ1) is 9.54. The van der Waals surface area contributed by atoms with Gasteiger partial charge in [0, 0.05) is 16.0 Å². The molecule has 2 nitrogen and oxygen atoms in total. The summed E-state index contributed by atoms with van der Waals surface area (Å²) in [6.07, 6.45) is 0. The number of ketones is 1. The van der Waals surface area contributed by atoms with Crippen molar-refractivity contribution in [1.29, 1.82) is 0 Å². The van der Waals surface area contributed by atoms with E-state index in [9.17, 15) is 9.18 Å². The van der Waals surface area contributed by atoms with Crippen LogP contribution in [0.1, 0.15) is 21.7 Å². The number of halogens is 2. The molecular weight excluding hydrogens is 279 g/mol. The monoisotopic (exact) mass is 288 g/mol. The molecule has 0 saturated heterocycles. The van der Waals surface area contributed by atoms with E-state index in [-0.39, 0.29) is 17.4 Å². The minimum absolute atomic E-state index is 0.172. The van der Waals surface area contributed by atoms with Crippen LogP contribution in [0.4, 0.5) is 4.39 Å². The first-order valence-corrected chi connectivity index (χ1v) is 6.42. The number of carbonyl (C=O) groups is 1. The van der Waals surface area contributed by atoms with Crippen molar-refractivity contribution in [1.82, 2.24) is 0 Å². The molecule has 2 aromatic carbocycles. The van der Waals surface area contributed by atoms with Gasteiger partial charge in [-0.3, -0.25) is 4.79 Å². The third-order valence-corrected chi connectivity index (χ3v) is 3.54. The van der Waals surface area contributed by atoms with Crippen LogP contribution in [0.15, 0.2) is 46.9 Å². The van der Waals surface area contributed by atoms with Crippen molar-refractivity contribution in [3.63, 3.8) is 0 Å². The first kappa shape index (κ1) is 12.9. The van der Waals surface area contributed by atoms with Gasteiger partial charge in [-0.25, -0.2) is 4.39 Å². The summed E-state index contributed by atoms with van der Waals surface area (Å²) in [5.74, 6) is -0.468. The maximum atomic E-state index is 13.1. The molecule has 0 spiro atoms. The second kappa shape index (κ2) is 4.76. The van der Waals surface area contributed by atoms with Gasteiger partial charge in [-0.05, 0) is 42.8 Å². The maximum absolute atomic E-state index is 13.1. The third kappa shape index (κ3) is 2.21. The summed E-state index contributed by atoms with van der Waals surface area (Å²) in [5, 5.41) is 1.09. The molecule has 3 aromatic rings. The zero-order valence-corrected chi connectivity index (χ0v) is 11.4. The molecule has 0 saturated carbocycles.